The highest BCUT2D eigenvalue weighted by Gasteiger charge is 2.06. The topological polar surface area (TPSA) is 30.0 Å². The molecule has 0 amide bonds. The lowest BCUT2D eigenvalue weighted by Crippen LogP contribution is -1.90. The summed E-state index contributed by atoms with van der Waals surface area (Å²) < 4.78 is 0. The number of hydrogen-bond acceptors (Lipinski definition) is 3. The maximum atomic E-state index is 10.7. The second-order valence-corrected chi connectivity index (χ2v) is 5.41. The average molecular weight is 257 g/mol. The fourth-order valence-electron chi connectivity index (χ4n) is 1.68. The number of carbonyl (C=O) groups is 1. The highest BCUT2D eigenvalue weighted by molar-refractivity contribution is 7.99. The normalized spacial score (nSPS) is 10.4. The Labute approximate surface area is 111 Å². The molecule has 1 aromatic carbocycles. The molecule has 0 unspecified atom stereocenters. The summed E-state index contributed by atoms with van der Waals surface area (Å²) in [5, 5.41) is 0.953. The molecule has 0 atom stereocenters. The summed E-state index contributed by atoms with van der Waals surface area (Å²) in [5.74, 6) is 0. The standard InChI is InChI=1S/C15H15NOS/c1-10-4-5-11(2)14(6-10)18-15-12(3)7-13(9-17)8-16-15/h4-9H,1-3H3. The van der Waals surface area contributed by atoms with Gasteiger partial charge in [0.15, 0.2) is 6.29 Å². The molecular weight excluding hydrogens is 242 g/mol. The van der Waals surface area contributed by atoms with Crippen LogP contribution in [0.5, 0.6) is 0 Å². The average Bonchev–Trinajstić information content (AvgIpc) is 2.36. The molecule has 0 saturated heterocycles. The number of aryl methyl sites for hydroxylation is 3. The molecule has 18 heavy (non-hydrogen) atoms. The van der Waals surface area contributed by atoms with Gasteiger partial charge in [0.2, 0.25) is 0 Å². The highest BCUT2D eigenvalue weighted by Crippen LogP contribution is 2.31. The smallest absolute Gasteiger partial charge is 0.151 e. The van der Waals surface area contributed by atoms with E-state index < -0.39 is 0 Å². The van der Waals surface area contributed by atoms with Gasteiger partial charge in [-0.25, -0.2) is 4.98 Å². The van der Waals surface area contributed by atoms with Crippen LogP contribution < -0.4 is 0 Å². The van der Waals surface area contributed by atoms with Crippen molar-refractivity contribution in [2.45, 2.75) is 30.7 Å². The highest BCUT2D eigenvalue weighted by atomic mass is 32.2. The quantitative estimate of drug-likeness (QED) is 0.779. The Morgan fingerprint density at radius 1 is 1.11 bits per heavy atom. The third kappa shape index (κ3) is 2.79. The van der Waals surface area contributed by atoms with Gasteiger partial charge in [0.1, 0.15) is 5.03 Å². The van der Waals surface area contributed by atoms with E-state index >= 15 is 0 Å². The molecule has 0 saturated carbocycles. The van der Waals surface area contributed by atoms with Gasteiger partial charge >= 0.3 is 0 Å². The van der Waals surface area contributed by atoms with Crippen molar-refractivity contribution >= 4 is 18.0 Å². The minimum atomic E-state index is 0.623. The van der Waals surface area contributed by atoms with Gasteiger partial charge in [0.05, 0.1) is 0 Å². The summed E-state index contributed by atoms with van der Waals surface area (Å²) in [4.78, 5) is 16.2. The van der Waals surface area contributed by atoms with Crippen molar-refractivity contribution in [2.75, 3.05) is 0 Å². The number of aromatic nitrogens is 1. The Bertz CT molecular complexity index is 593. The number of pyridine rings is 1. The first-order chi connectivity index (χ1) is 8.60. The zero-order valence-corrected chi connectivity index (χ0v) is 11.5. The zero-order chi connectivity index (χ0) is 13.1. The van der Waals surface area contributed by atoms with E-state index in [1.54, 1.807) is 18.0 Å². The van der Waals surface area contributed by atoms with Crippen molar-refractivity contribution in [1.29, 1.82) is 0 Å². The number of benzene rings is 1. The maximum absolute atomic E-state index is 10.7. The predicted molar refractivity (Wildman–Crippen MR) is 74.4 cm³/mol. The van der Waals surface area contributed by atoms with Crippen molar-refractivity contribution < 1.29 is 4.79 Å². The zero-order valence-electron chi connectivity index (χ0n) is 10.7. The van der Waals surface area contributed by atoms with Crippen LogP contribution >= 0.6 is 11.8 Å². The van der Waals surface area contributed by atoms with Gasteiger partial charge in [0.25, 0.3) is 0 Å². The molecule has 0 aliphatic heterocycles. The second kappa shape index (κ2) is 5.36. The van der Waals surface area contributed by atoms with Gasteiger partial charge in [-0.05, 0) is 49.6 Å². The van der Waals surface area contributed by atoms with Gasteiger partial charge in [-0.3, -0.25) is 4.79 Å². The summed E-state index contributed by atoms with van der Waals surface area (Å²) in [7, 11) is 0. The second-order valence-electron chi connectivity index (χ2n) is 4.38. The largest absolute Gasteiger partial charge is 0.298 e. The van der Waals surface area contributed by atoms with Crippen LogP contribution in [0.1, 0.15) is 27.0 Å². The molecule has 0 N–H and O–H groups in total. The Balaban J connectivity index is 2.34. The molecule has 1 heterocycles. The van der Waals surface area contributed by atoms with Crippen LogP contribution in [-0.2, 0) is 0 Å². The fraction of sp³-hybridized carbons (Fsp3) is 0.200. The van der Waals surface area contributed by atoms with Crippen LogP contribution in [0, 0.1) is 20.8 Å². The molecule has 2 nitrogen and oxygen atoms in total. The van der Waals surface area contributed by atoms with Gasteiger partial charge in [-0.1, -0.05) is 23.9 Å². The van der Waals surface area contributed by atoms with E-state index in [1.165, 1.54) is 16.0 Å². The molecule has 0 fully saturated rings. The van der Waals surface area contributed by atoms with Crippen LogP contribution in [0.25, 0.3) is 0 Å². The number of aldehydes is 1. The first kappa shape index (κ1) is 12.8. The molecule has 1 aromatic heterocycles. The molecule has 0 aliphatic rings. The van der Waals surface area contributed by atoms with Crippen LogP contribution in [0.3, 0.4) is 0 Å². The Kier molecular flexibility index (Phi) is 3.82. The van der Waals surface area contributed by atoms with Crippen molar-refractivity contribution in [1.82, 2.24) is 4.98 Å². The molecule has 2 aromatic rings. The third-order valence-corrected chi connectivity index (χ3v) is 4.02. The summed E-state index contributed by atoms with van der Waals surface area (Å²) >= 11 is 1.65. The molecule has 0 bridgehead atoms. The Hall–Kier alpha value is -1.61. The molecule has 92 valence electrons. The minimum Gasteiger partial charge on any atom is -0.298 e. The first-order valence-electron chi connectivity index (χ1n) is 5.77. The summed E-state index contributed by atoms with van der Waals surface area (Å²) in [6, 6.07) is 8.25. The molecule has 3 heteroatoms. The summed E-state index contributed by atoms with van der Waals surface area (Å²) in [6.07, 6.45) is 2.44. The first-order valence-corrected chi connectivity index (χ1v) is 6.58. The van der Waals surface area contributed by atoms with E-state index in [4.69, 9.17) is 0 Å². The molecular formula is C15H15NOS. The van der Waals surface area contributed by atoms with Crippen LogP contribution in [0.2, 0.25) is 0 Å². The molecule has 0 aliphatic carbocycles. The van der Waals surface area contributed by atoms with E-state index in [0.717, 1.165) is 16.9 Å². The van der Waals surface area contributed by atoms with Gasteiger partial charge in [0, 0.05) is 16.7 Å². The van der Waals surface area contributed by atoms with E-state index in [9.17, 15) is 4.79 Å². The van der Waals surface area contributed by atoms with E-state index in [1.807, 2.05) is 13.0 Å². The van der Waals surface area contributed by atoms with Crippen LogP contribution in [-0.4, -0.2) is 11.3 Å². The number of rotatable bonds is 3. The fourth-order valence-corrected chi connectivity index (χ4v) is 2.68. The van der Waals surface area contributed by atoms with E-state index in [2.05, 4.69) is 37.0 Å². The van der Waals surface area contributed by atoms with E-state index in [-0.39, 0.29) is 0 Å². The van der Waals surface area contributed by atoms with Crippen molar-refractivity contribution in [2.24, 2.45) is 0 Å². The van der Waals surface area contributed by atoms with Crippen LogP contribution in [0.4, 0.5) is 0 Å². The number of carbonyl (C=O) groups excluding carboxylic acids is 1. The summed E-state index contributed by atoms with van der Waals surface area (Å²) in [6.45, 7) is 6.16. The van der Waals surface area contributed by atoms with Gasteiger partial charge in [-0.2, -0.15) is 0 Å². The van der Waals surface area contributed by atoms with Gasteiger partial charge in [-0.15, -0.1) is 0 Å². The van der Waals surface area contributed by atoms with Crippen molar-refractivity contribution in [3.63, 3.8) is 0 Å². The Morgan fingerprint density at radius 2 is 1.89 bits per heavy atom. The number of hydrogen-bond donors (Lipinski definition) is 0. The molecule has 0 radical (unpaired) electrons. The monoisotopic (exact) mass is 257 g/mol. The van der Waals surface area contributed by atoms with Crippen molar-refractivity contribution in [3.8, 4) is 0 Å². The predicted octanol–water partition coefficient (Wildman–Crippen LogP) is 3.97. The summed E-state index contributed by atoms with van der Waals surface area (Å²) in [5.41, 5.74) is 4.14. The lowest BCUT2D eigenvalue weighted by molar-refractivity contribution is 0.112. The number of nitrogens with zero attached hydrogens (tertiary/aromatic N) is 1. The van der Waals surface area contributed by atoms with Gasteiger partial charge < -0.3 is 0 Å². The SMILES string of the molecule is Cc1ccc(C)c(Sc2ncc(C=O)cc2C)c1. The minimum absolute atomic E-state index is 0.623. The molecule has 0 spiro atoms. The van der Waals surface area contributed by atoms with E-state index in [0.29, 0.717) is 5.56 Å². The molecule has 2 rings (SSSR count). The lowest BCUT2D eigenvalue weighted by atomic mass is 10.2. The van der Waals surface area contributed by atoms with Crippen LogP contribution in [0.15, 0.2) is 40.4 Å². The third-order valence-electron chi connectivity index (χ3n) is 2.74. The maximum Gasteiger partial charge on any atom is 0.151 e. The lowest BCUT2D eigenvalue weighted by Gasteiger charge is -2.08. The van der Waals surface area contributed by atoms with Crippen molar-refractivity contribution in [3.05, 3.63) is 52.7 Å². The Morgan fingerprint density at radius 3 is 2.56 bits per heavy atom.